The Kier molecular flexibility index (Phi) is 5.03. The molecule has 2 N–H and O–H groups in total. The standard InChI is InChI=1S/C13H14Cl2N2O2S2/c1-8(9-7-12(14)20-13(9)15)16-10-5-3-4-6-11(10)17-21(2,18)19/h3-8,16-17H,1-2H3. The lowest BCUT2D eigenvalue weighted by molar-refractivity contribution is 0.607. The Bertz CT molecular complexity index is 744. The van der Waals surface area contributed by atoms with Crippen LogP contribution >= 0.6 is 34.5 Å². The fourth-order valence-corrected chi connectivity index (χ4v) is 4.08. The van der Waals surface area contributed by atoms with E-state index in [1.54, 1.807) is 24.3 Å². The number of halogens is 2. The van der Waals surface area contributed by atoms with Crippen molar-refractivity contribution in [1.82, 2.24) is 0 Å². The van der Waals surface area contributed by atoms with Crippen LogP contribution < -0.4 is 10.0 Å². The van der Waals surface area contributed by atoms with E-state index in [9.17, 15) is 8.42 Å². The highest BCUT2D eigenvalue weighted by Gasteiger charge is 2.15. The van der Waals surface area contributed by atoms with E-state index in [1.165, 1.54) is 11.3 Å². The van der Waals surface area contributed by atoms with Gasteiger partial charge in [-0.05, 0) is 25.1 Å². The lowest BCUT2D eigenvalue weighted by Gasteiger charge is -2.18. The van der Waals surface area contributed by atoms with Crippen molar-refractivity contribution in [3.63, 3.8) is 0 Å². The lowest BCUT2D eigenvalue weighted by atomic mass is 10.1. The normalized spacial score (nSPS) is 13.0. The van der Waals surface area contributed by atoms with Gasteiger partial charge in [0.1, 0.15) is 0 Å². The average molecular weight is 365 g/mol. The molecule has 0 fully saturated rings. The summed E-state index contributed by atoms with van der Waals surface area (Å²) < 4.78 is 26.5. The van der Waals surface area contributed by atoms with E-state index >= 15 is 0 Å². The molecular formula is C13H14Cl2N2O2S2. The second-order valence-electron chi connectivity index (χ2n) is 4.57. The zero-order valence-corrected chi connectivity index (χ0v) is 14.5. The van der Waals surface area contributed by atoms with Crippen molar-refractivity contribution in [2.45, 2.75) is 13.0 Å². The third kappa shape index (κ3) is 4.51. The molecule has 8 heteroatoms. The van der Waals surface area contributed by atoms with Crippen molar-refractivity contribution >= 4 is 55.9 Å². The Morgan fingerprint density at radius 2 is 1.81 bits per heavy atom. The Balaban J connectivity index is 2.25. The molecule has 1 aromatic heterocycles. The highest BCUT2D eigenvalue weighted by atomic mass is 35.5. The fourth-order valence-electron chi connectivity index (χ4n) is 1.86. The van der Waals surface area contributed by atoms with Gasteiger partial charge in [-0.3, -0.25) is 4.72 Å². The monoisotopic (exact) mass is 364 g/mol. The molecule has 0 radical (unpaired) electrons. The summed E-state index contributed by atoms with van der Waals surface area (Å²) in [6.07, 6.45) is 1.11. The summed E-state index contributed by atoms with van der Waals surface area (Å²) >= 11 is 13.4. The van der Waals surface area contributed by atoms with Gasteiger partial charge >= 0.3 is 0 Å². The second kappa shape index (κ2) is 6.44. The summed E-state index contributed by atoms with van der Waals surface area (Å²) in [6.45, 7) is 1.93. The molecule has 2 rings (SSSR count). The topological polar surface area (TPSA) is 58.2 Å². The Morgan fingerprint density at radius 1 is 1.19 bits per heavy atom. The van der Waals surface area contributed by atoms with E-state index in [4.69, 9.17) is 23.2 Å². The summed E-state index contributed by atoms with van der Waals surface area (Å²) in [5.41, 5.74) is 2.04. The number of thiophene rings is 1. The zero-order valence-electron chi connectivity index (χ0n) is 11.4. The van der Waals surface area contributed by atoms with Gasteiger partial charge in [0.05, 0.1) is 32.3 Å². The molecule has 4 nitrogen and oxygen atoms in total. The summed E-state index contributed by atoms with van der Waals surface area (Å²) in [5.74, 6) is 0. The van der Waals surface area contributed by atoms with Crippen molar-refractivity contribution in [2.24, 2.45) is 0 Å². The van der Waals surface area contributed by atoms with Gasteiger partial charge in [0.15, 0.2) is 0 Å². The molecule has 0 spiro atoms. The van der Waals surface area contributed by atoms with Crippen LogP contribution in [0.1, 0.15) is 18.5 Å². The summed E-state index contributed by atoms with van der Waals surface area (Å²) in [7, 11) is -3.34. The van der Waals surface area contributed by atoms with Crippen molar-refractivity contribution in [1.29, 1.82) is 0 Å². The molecule has 0 amide bonds. The van der Waals surface area contributed by atoms with Gasteiger partial charge in [0, 0.05) is 5.56 Å². The SMILES string of the molecule is CC(Nc1ccccc1NS(C)(=O)=O)c1cc(Cl)sc1Cl. The van der Waals surface area contributed by atoms with Crippen LogP contribution in [0.5, 0.6) is 0 Å². The Labute approximate surface area is 138 Å². The van der Waals surface area contributed by atoms with Crippen molar-refractivity contribution < 1.29 is 8.42 Å². The smallest absolute Gasteiger partial charge is 0.229 e. The third-order valence-electron chi connectivity index (χ3n) is 2.74. The van der Waals surface area contributed by atoms with Gasteiger partial charge in [0.25, 0.3) is 0 Å². The minimum Gasteiger partial charge on any atom is -0.377 e. The molecule has 114 valence electrons. The van der Waals surface area contributed by atoms with Crippen LogP contribution in [0.25, 0.3) is 0 Å². The van der Waals surface area contributed by atoms with Crippen LogP contribution in [-0.4, -0.2) is 14.7 Å². The largest absolute Gasteiger partial charge is 0.377 e. The third-order valence-corrected chi connectivity index (χ3v) is 4.85. The second-order valence-corrected chi connectivity index (χ2v) is 8.60. The number of hydrogen-bond donors (Lipinski definition) is 2. The van der Waals surface area contributed by atoms with Crippen LogP contribution in [0, 0.1) is 0 Å². The van der Waals surface area contributed by atoms with Crippen LogP contribution in [-0.2, 0) is 10.0 Å². The van der Waals surface area contributed by atoms with E-state index < -0.39 is 10.0 Å². The highest BCUT2D eigenvalue weighted by Crippen LogP contribution is 2.37. The van der Waals surface area contributed by atoms with Crippen molar-refractivity contribution in [3.8, 4) is 0 Å². The molecule has 1 aromatic carbocycles. The maximum Gasteiger partial charge on any atom is 0.229 e. The van der Waals surface area contributed by atoms with Crippen LogP contribution in [0.15, 0.2) is 30.3 Å². The molecule has 21 heavy (non-hydrogen) atoms. The molecule has 2 aromatic rings. The number of rotatable bonds is 5. The molecule has 0 aliphatic heterocycles. The van der Waals surface area contributed by atoms with Crippen LogP contribution in [0.3, 0.4) is 0 Å². The first-order valence-corrected chi connectivity index (χ1v) is 9.51. The van der Waals surface area contributed by atoms with E-state index in [2.05, 4.69) is 10.0 Å². The van der Waals surface area contributed by atoms with E-state index in [1.807, 2.05) is 13.0 Å². The van der Waals surface area contributed by atoms with Gasteiger partial charge in [-0.1, -0.05) is 35.3 Å². The molecule has 0 bridgehead atoms. The first-order chi connectivity index (χ1) is 9.76. The minimum atomic E-state index is -3.34. The number of sulfonamides is 1. The molecule has 0 aliphatic carbocycles. The maximum atomic E-state index is 11.4. The first-order valence-electron chi connectivity index (χ1n) is 6.04. The molecule has 0 saturated carbocycles. The average Bonchev–Trinajstić information content (AvgIpc) is 2.69. The van der Waals surface area contributed by atoms with Crippen LogP contribution in [0.4, 0.5) is 11.4 Å². The lowest BCUT2D eigenvalue weighted by Crippen LogP contribution is -2.13. The van der Waals surface area contributed by atoms with Gasteiger partial charge in [-0.2, -0.15) is 0 Å². The summed E-state index contributed by atoms with van der Waals surface area (Å²) in [6, 6.07) is 8.77. The molecule has 1 unspecified atom stereocenters. The van der Waals surface area contributed by atoms with Gasteiger partial charge in [-0.15, -0.1) is 11.3 Å². The number of nitrogens with one attached hydrogen (secondary N) is 2. The van der Waals surface area contributed by atoms with E-state index in [-0.39, 0.29) is 6.04 Å². The van der Waals surface area contributed by atoms with E-state index in [0.717, 1.165) is 11.8 Å². The summed E-state index contributed by atoms with van der Waals surface area (Å²) in [5, 5.41) is 3.24. The van der Waals surface area contributed by atoms with Gasteiger partial charge in [-0.25, -0.2) is 8.42 Å². The zero-order chi connectivity index (χ0) is 15.6. The molecular weight excluding hydrogens is 351 g/mol. The molecule has 0 aliphatic rings. The Morgan fingerprint density at radius 3 is 2.33 bits per heavy atom. The van der Waals surface area contributed by atoms with Crippen LogP contribution in [0.2, 0.25) is 8.67 Å². The summed E-state index contributed by atoms with van der Waals surface area (Å²) in [4.78, 5) is 0. The number of benzene rings is 1. The van der Waals surface area contributed by atoms with Crippen molar-refractivity contribution in [2.75, 3.05) is 16.3 Å². The van der Waals surface area contributed by atoms with Gasteiger partial charge < -0.3 is 5.32 Å². The molecule has 1 heterocycles. The van der Waals surface area contributed by atoms with Crippen molar-refractivity contribution in [3.05, 3.63) is 44.6 Å². The fraction of sp³-hybridized carbons (Fsp3) is 0.231. The quantitative estimate of drug-likeness (QED) is 0.814. The minimum absolute atomic E-state index is 0.108. The first kappa shape index (κ1) is 16.4. The maximum absolute atomic E-state index is 11.4. The number of anilines is 2. The number of para-hydroxylation sites is 2. The molecule has 0 saturated heterocycles. The molecule has 1 atom stereocenters. The predicted molar refractivity (Wildman–Crippen MR) is 91.3 cm³/mol. The number of hydrogen-bond acceptors (Lipinski definition) is 4. The van der Waals surface area contributed by atoms with E-state index in [0.29, 0.717) is 20.0 Å². The van der Waals surface area contributed by atoms with Gasteiger partial charge in [0.2, 0.25) is 10.0 Å². The predicted octanol–water partition coefficient (Wildman–Crippen LogP) is 4.60. The Hall–Kier alpha value is -0.950. The highest BCUT2D eigenvalue weighted by molar-refractivity contribution is 7.92.